The molecule has 2 aliphatic heterocycles. The van der Waals surface area contributed by atoms with Crippen LogP contribution in [0.5, 0.6) is 0 Å². The van der Waals surface area contributed by atoms with Crippen molar-refractivity contribution in [1.29, 1.82) is 0 Å². The second-order valence-electron chi connectivity index (χ2n) is 5.09. The molecule has 1 fully saturated rings. The zero-order valence-corrected chi connectivity index (χ0v) is 15.1. The van der Waals surface area contributed by atoms with E-state index in [1.165, 1.54) is 13.0 Å². The summed E-state index contributed by atoms with van der Waals surface area (Å²) in [5.74, 6) is -3.04. The number of carbonyl (C=O) groups excluding carboxylic acids is 4. The maximum atomic E-state index is 13.6. The molecule has 3 rings (SSSR count). The molecule has 1 unspecified atom stereocenters. The number of rotatable bonds is 1. The van der Waals surface area contributed by atoms with Gasteiger partial charge in [-0.15, -0.1) is 0 Å². The summed E-state index contributed by atoms with van der Waals surface area (Å²) in [5.41, 5.74) is 0.288. The second-order valence-corrected chi connectivity index (χ2v) is 5.09. The van der Waals surface area contributed by atoms with Crippen molar-refractivity contribution >= 4 is 23.6 Å². The molecule has 0 spiro atoms. The number of nitrogens with zero attached hydrogens (tertiary/aromatic N) is 1. The van der Waals surface area contributed by atoms with Gasteiger partial charge in [-0.25, -0.2) is 4.39 Å². The first kappa shape index (κ1) is 20.5. The molecule has 0 radical (unpaired) electrons. The molecule has 2 heterocycles. The fourth-order valence-electron chi connectivity index (χ4n) is 2.60. The summed E-state index contributed by atoms with van der Waals surface area (Å²) < 4.78 is 13.6. The molecule has 0 aromatic heterocycles. The van der Waals surface area contributed by atoms with Crippen molar-refractivity contribution in [2.75, 3.05) is 0 Å². The van der Waals surface area contributed by atoms with Crippen LogP contribution in [-0.2, 0) is 9.59 Å². The average molecular weight is 350 g/mol. The number of hydrogen-bond donors (Lipinski definition) is 1. The molecule has 1 aromatic rings. The van der Waals surface area contributed by atoms with Gasteiger partial charge in [0.1, 0.15) is 11.9 Å². The largest absolute Gasteiger partial charge is 0.295 e. The molecule has 1 saturated heterocycles. The van der Waals surface area contributed by atoms with Crippen LogP contribution in [0.25, 0.3) is 0 Å². The van der Waals surface area contributed by atoms with Crippen LogP contribution in [0.4, 0.5) is 4.39 Å². The van der Waals surface area contributed by atoms with E-state index in [1.807, 2.05) is 27.7 Å². The molecule has 0 saturated carbocycles. The first-order valence-corrected chi connectivity index (χ1v) is 8.42. The number of nitrogens with one attached hydrogen (secondary N) is 1. The minimum atomic E-state index is -1.03. The average Bonchev–Trinajstić information content (AvgIpc) is 2.83. The van der Waals surface area contributed by atoms with Gasteiger partial charge in [-0.1, -0.05) is 27.7 Å². The number of halogens is 1. The minimum Gasteiger partial charge on any atom is -0.295 e. The summed E-state index contributed by atoms with van der Waals surface area (Å²) in [5, 5.41) is 2.10. The molecule has 25 heavy (non-hydrogen) atoms. The molecule has 4 amide bonds. The highest BCUT2D eigenvalue weighted by Crippen LogP contribution is 2.29. The maximum absolute atomic E-state index is 13.6. The van der Waals surface area contributed by atoms with Gasteiger partial charge in [0.05, 0.1) is 11.1 Å². The quantitative estimate of drug-likeness (QED) is 0.789. The van der Waals surface area contributed by atoms with Gasteiger partial charge in [0, 0.05) is 6.42 Å². The Morgan fingerprint density at radius 3 is 2.04 bits per heavy atom. The third-order valence-electron chi connectivity index (χ3n) is 3.72. The van der Waals surface area contributed by atoms with Crippen molar-refractivity contribution in [3.8, 4) is 0 Å². The summed E-state index contributed by atoms with van der Waals surface area (Å²) >= 11 is 0. The number of aryl methyl sites for hydroxylation is 1. The van der Waals surface area contributed by atoms with Crippen molar-refractivity contribution in [2.24, 2.45) is 0 Å². The normalized spacial score (nSPS) is 18.6. The Morgan fingerprint density at radius 2 is 1.52 bits per heavy atom. The Labute approximate surface area is 146 Å². The Morgan fingerprint density at radius 1 is 1.00 bits per heavy atom. The molecular formula is C18H23FN2O4. The molecule has 2 aliphatic rings. The van der Waals surface area contributed by atoms with Crippen molar-refractivity contribution in [1.82, 2.24) is 10.2 Å². The lowest BCUT2D eigenvalue weighted by molar-refractivity contribution is -0.136. The van der Waals surface area contributed by atoms with Crippen molar-refractivity contribution in [3.63, 3.8) is 0 Å². The topological polar surface area (TPSA) is 83.6 Å². The SMILES string of the molecule is CC.CC.Cc1cc2c(cc1F)C(=O)N(C1CCC(=O)NC1=O)C2=O. The van der Waals surface area contributed by atoms with Crippen LogP contribution in [0, 0.1) is 12.7 Å². The lowest BCUT2D eigenvalue weighted by Crippen LogP contribution is -2.54. The Hall–Kier alpha value is -2.57. The van der Waals surface area contributed by atoms with Gasteiger partial charge in [0.2, 0.25) is 11.8 Å². The smallest absolute Gasteiger partial charge is 0.262 e. The zero-order valence-electron chi connectivity index (χ0n) is 15.1. The van der Waals surface area contributed by atoms with E-state index in [0.29, 0.717) is 0 Å². The molecule has 1 atom stereocenters. The van der Waals surface area contributed by atoms with E-state index in [-0.39, 0.29) is 29.5 Å². The van der Waals surface area contributed by atoms with Gasteiger partial charge < -0.3 is 0 Å². The maximum Gasteiger partial charge on any atom is 0.262 e. The first-order chi connectivity index (χ1) is 11.9. The van der Waals surface area contributed by atoms with E-state index in [1.54, 1.807) is 0 Å². The Bertz CT molecular complexity index is 674. The zero-order chi connectivity index (χ0) is 19.3. The molecule has 7 heteroatoms. The van der Waals surface area contributed by atoms with Gasteiger partial charge in [0.15, 0.2) is 0 Å². The molecule has 1 aromatic carbocycles. The van der Waals surface area contributed by atoms with Crippen LogP contribution in [0.2, 0.25) is 0 Å². The van der Waals surface area contributed by atoms with Crippen LogP contribution in [0.1, 0.15) is 66.8 Å². The molecule has 136 valence electrons. The summed E-state index contributed by atoms with van der Waals surface area (Å²) in [6.07, 6.45) is 0.134. The number of imide groups is 2. The van der Waals surface area contributed by atoms with Crippen LogP contribution in [-0.4, -0.2) is 34.6 Å². The monoisotopic (exact) mass is 350 g/mol. The van der Waals surface area contributed by atoms with Gasteiger partial charge in [-0.05, 0) is 31.0 Å². The highest BCUT2D eigenvalue weighted by Gasteiger charge is 2.44. The standard InChI is InChI=1S/C14H11FN2O4.2C2H6/c1-6-4-7-8(5-9(6)15)14(21)17(13(7)20)10-2-3-11(18)16-12(10)19;2*1-2/h4-5,10H,2-3H2,1H3,(H,16,18,19);2*1-2H3. The van der Waals surface area contributed by atoms with Crippen LogP contribution in [0.15, 0.2) is 12.1 Å². The van der Waals surface area contributed by atoms with E-state index in [2.05, 4.69) is 5.32 Å². The molecule has 6 nitrogen and oxygen atoms in total. The fraction of sp³-hybridized carbons (Fsp3) is 0.444. The molecule has 0 bridgehead atoms. The summed E-state index contributed by atoms with van der Waals surface area (Å²) in [7, 11) is 0. The second kappa shape index (κ2) is 8.50. The van der Waals surface area contributed by atoms with Crippen LogP contribution >= 0.6 is 0 Å². The van der Waals surface area contributed by atoms with Crippen molar-refractivity contribution in [2.45, 2.75) is 53.5 Å². The number of carbonyl (C=O) groups is 4. The van der Waals surface area contributed by atoms with E-state index < -0.39 is 35.5 Å². The number of benzene rings is 1. The number of piperidine rings is 1. The first-order valence-electron chi connectivity index (χ1n) is 8.42. The Balaban J connectivity index is 0.000000730. The van der Waals surface area contributed by atoms with E-state index in [9.17, 15) is 23.6 Å². The summed E-state index contributed by atoms with van der Waals surface area (Å²) in [4.78, 5) is 48.3. The molecular weight excluding hydrogens is 327 g/mol. The molecule has 1 N–H and O–H groups in total. The predicted molar refractivity (Wildman–Crippen MR) is 90.5 cm³/mol. The van der Waals surface area contributed by atoms with Crippen LogP contribution < -0.4 is 5.32 Å². The number of fused-ring (bicyclic) bond motifs is 1. The van der Waals surface area contributed by atoms with E-state index in [4.69, 9.17) is 0 Å². The Kier molecular flexibility index (Phi) is 6.97. The summed E-state index contributed by atoms with van der Waals surface area (Å²) in [6.45, 7) is 9.49. The lowest BCUT2D eigenvalue weighted by atomic mass is 10.0. The van der Waals surface area contributed by atoms with Crippen molar-refractivity contribution < 1.29 is 23.6 Å². The third kappa shape index (κ3) is 3.75. The van der Waals surface area contributed by atoms with Crippen LogP contribution in [0.3, 0.4) is 0 Å². The van der Waals surface area contributed by atoms with E-state index >= 15 is 0 Å². The minimum absolute atomic E-state index is 0.0483. The molecule has 0 aliphatic carbocycles. The lowest BCUT2D eigenvalue weighted by Gasteiger charge is -2.27. The predicted octanol–water partition coefficient (Wildman–Crippen LogP) is 2.59. The number of hydrogen-bond acceptors (Lipinski definition) is 4. The number of amides is 4. The fourth-order valence-corrected chi connectivity index (χ4v) is 2.60. The van der Waals surface area contributed by atoms with Gasteiger partial charge in [0.25, 0.3) is 11.8 Å². The van der Waals surface area contributed by atoms with Gasteiger partial charge in [-0.2, -0.15) is 0 Å². The highest BCUT2D eigenvalue weighted by molar-refractivity contribution is 6.23. The van der Waals surface area contributed by atoms with E-state index in [0.717, 1.165) is 11.0 Å². The van der Waals surface area contributed by atoms with Gasteiger partial charge in [-0.3, -0.25) is 29.4 Å². The highest BCUT2D eigenvalue weighted by atomic mass is 19.1. The van der Waals surface area contributed by atoms with Gasteiger partial charge >= 0.3 is 0 Å². The summed E-state index contributed by atoms with van der Waals surface area (Å²) in [6, 6.07) is 1.28. The third-order valence-corrected chi connectivity index (χ3v) is 3.72. The van der Waals surface area contributed by atoms with Crippen molar-refractivity contribution in [3.05, 3.63) is 34.6 Å².